The lowest BCUT2D eigenvalue weighted by Crippen LogP contribution is -2.55. The quantitative estimate of drug-likeness (QED) is 0.554. The molecule has 0 aromatic heterocycles. The second-order valence-corrected chi connectivity index (χ2v) is 6.56. The zero-order valence-electron chi connectivity index (χ0n) is 14.2. The van der Waals surface area contributed by atoms with E-state index in [0.29, 0.717) is 0 Å². The Morgan fingerprint density at radius 3 is 2.20 bits per heavy atom. The van der Waals surface area contributed by atoms with Crippen molar-refractivity contribution in [1.82, 2.24) is 15.1 Å². The molecule has 0 spiro atoms. The van der Waals surface area contributed by atoms with E-state index in [9.17, 15) is 4.79 Å². The van der Waals surface area contributed by atoms with Gasteiger partial charge in [-0.1, -0.05) is 0 Å². The molecule has 5 nitrogen and oxygen atoms in total. The summed E-state index contributed by atoms with van der Waals surface area (Å²) in [6.07, 6.45) is 2.89. The Kier molecular flexibility index (Phi) is 9.01. The molecule has 20 heavy (non-hydrogen) atoms. The third-order valence-corrected chi connectivity index (χ3v) is 3.55. The molecule has 0 aromatic carbocycles. The van der Waals surface area contributed by atoms with E-state index in [4.69, 9.17) is 5.73 Å². The lowest BCUT2D eigenvalue weighted by molar-refractivity contribution is -0.124. The van der Waals surface area contributed by atoms with Crippen molar-refractivity contribution in [3.8, 4) is 0 Å². The first kappa shape index (κ1) is 19.4. The number of unbranched alkanes of at least 4 members (excludes halogenated alkanes) is 1. The second-order valence-electron chi connectivity index (χ2n) is 6.56. The molecule has 0 saturated carbocycles. The largest absolute Gasteiger partial charge is 0.368 e. The van der Waals surface area contributed by atoms with Crippen LogP contribution in [0.5, 0.6) is 0 Å². The molecule has 120 valence electrons. The van der Waals surface area contributed by atoms with Gasteiger partial charge in [-0.25, -0.2) is 0 Å². The highest BCUT2D eigenvalue weighted by Gasteiger charge is 2.30. The van der Waals surface area contributed by atoms with Crippen LogP contribution in [0.4, 0.5) is 0 Å². The summed E-state index contributed by atoms with van der Waals surface area (Å²) >= 11 is 0. The summed E-state index contributed by atoms with van der Waals surface area (Å²) in [6, 6.07) is 0.260. The maximum absolute atomic E-state index is 11.6. The van der Waals surface area contributed by atoms with Gasteiger partial charge in [0, 0.05) is 19.1 Å². The van der Waals surface area contributed by atoms with Crippen LogP contribution in [-0.4, -0.2) is 68.1 Å². The fraction of sp³-hybridized carbons (Fsp3) is 0.933. The first-order valence-corrected chi connectivity index (χ1v) is 7.58. The lowest BCUT2D eigenvalue weighted by Gasteiger charge is -2.30. The predicted octanol–water partition coefficient (Wildman–Crippen LogP) is 0.892. The highest BCUT2D eigenvalue weighted by molar-refractivity contribution is 5.84. The normalized spacial score (nSPS) is 15.1. The lowest BCUT2D eigenvalue weighted by atomic mass is 9.93. The van der Waals surface area contributed by atoms with Gasteiger partial charge in [-0.3, -0.25) is 4.79 Å². The molecule has 0 aliphatic heterocycles. The number of amides is 1. The van der Waals surface area contributed by atoms with Crippen molar-refractivity contribution >= 4 is 5.91 Å². The molecule has 0 radical (unpaired) electrons. The Hall–Kier alpha value is -0.650. The number of carbonyl (C=O) groups is 1. The number of carbonyl (C=O) groups excluding carboxylic acids is 1. The molecule has 0 fully saturated rings. The molecular formula is C15H34N4O. The molecule has 0 aromatic rings. The summed E-state index contributed by atoms with van der Waals surface area (Å²) < 4.78 is 0. The smallest absolute Gasteiger partial charge is 0.237 e. The molecule has 0 heterocycles. The number of hydrogen-bond donors (Lipinski definition) is 2. The van der Waals surface area contributed by atoms with Gasteiger partial charge in [-0.05, 0) is 67.7 Å². The van der Waals surface area contributed by atoms with Crippen molar-refractivity contribution in [2.45, 2.75) is 51.6 Å². The topological polar surface area (TPSA) is 61.6 Å². The van der Waals surface area contributed by atoms with E-state index >= 15 is 0 Å². The van der Waals surface area contributed by atoms with Crippen molar-refractivity contribution in [1.29, 1.82) is 0 Å². The van der Waals surface area contributed by atoms with Crippen LogP contribution in [0.15, 0.2) is 0 Å². The van der Waals surface area contributed by atoms with Crippen molar-refractivity contribution in [3.63, 3.8) is 0 Å². The van der Waals surface area contributed by atoms with E-state index in [-0.39, 0.29) is 11.9 Å². The summed E-state index contributed by atoms with van der Waals surface area (Å²) in [5, 5.41) is 3.29. The summed E-state index contributed by atoms with van der Waals surface area (Å²) in [5.41, 5.74) is 4.94. The molecule has 0 rings (SSSR count). The highest BCUT2D eigenvalue weighted by atomic mass is 16.1. The van der Waals surface area contributed by atoms with Crippen molar-refractivity contribution in [2.75, 3.05) is 40.8 Å². The fourth-order valence-electron chi connectivity index (χ4n) is 2.25. The van der Waals surface area contributed by atoms with Crippen LogP contribution in [0, 0.1) is 0 Å². The van der Waals surface area contributed by atoms with Gasteiger partial charge in [-0.15, -0.1) is 0 Å². The van der Waals surface area contributed by atoms with Gasteiger partial charge < -0.3 is 20.9 Å². The first-order valence-electron chi connectivity index (χ1n) is 7.58. The maximum atomic E-state index is 11.6. The van der Waals surface area contributed by atoms with Crippen molar-refractivity contribution in [2.24, 2.45) is 5.73 Å². The number of nitrogens with one attached hydrogen (secondary N) is 1. The molecule has 0 aliphatic rings. The number of likely N-dealkylation sites (N-methyl/N-ethyl adjacent to an activating group) is 2. The molecular weight excluding hydrogens is 252 g/mol. The molecule has 0 aliphatic carbocycles. The Morgan fingerprint density at radius 1 is 1.15 bits per heavy atom. The van der Waals surface area contributed by atoms with Crippen LogP contribution in [0.3, 0.4) is 0 Å². The Morgan fingerprint density at radius 2 is 1.75 bits per heavy atom. The van der Waals surface area contributed by atoms with Gasteiger partial charge in [0.15, 0.2) is 0 Å². The second kappa shape index (κ2) is 9.32. The average molecular weight is 286 g/mol. The van der Waals surface area contributed by atoms with Gasteiger partial charge in [-0.2, -0.15) is 0 Å². The molecule has 1 unspecified atom stereocenters. The number of primary amides is 1. The van der Waals surface area contributed by atoms with Crippen molar-refractivity contribution < 1.29 is 4.79 Å². The number of rotatable bonds is 11. The van der Waals surface area contributed by atoms with Crippen LogP contribution >= 0.6 is 0 Å². The zero-order valence-corrected chi connectivity index (χ0v) is 14.2. The Bertz CT molecular complexity index is 281. The number of nitrogens with zero attached hydrogens (tertiary/aromatic N) is 2. The van der Waals surface area contributed by atoms with Gasteiger partial charge >= 0.3 is 0 Å². The van der Waals surface area contributed by atoms with Gasteiger partial charge in [0.1, 0.15) is 0 Å². The van der Waals surface area contributed by atoms with E-state index in [2.05, 4.69) is 36.3 Å². The molecule has 1 atom stereocenters. The predicted molar refractivity (Wildman–Crippen MR) is 85.8 cm³/mol. The van der Waals surface area contributed by atoms with Gasteiger partial charge in [0.2, 0.25) is 5.91 Å². The Balaban J connectivity index is 3.98. The third-order valence-electron chi connectivity index (χ3n) is 3.55. The SMILES string of the molecule is CC(C)NC(C)(CCCCN(C)CCN(C)C)C(N)=O. The van der Waals surface area contributed by atoms with E-state index in [0.717, 1.165) is 38.9 Å². The van der Waals surface area contributed by atoms with Gasteiger partial charge in [0.25, 0.3) is 0 Å². The summed E-state index contributed by atoms with van der Waals surface area (Å²) in [5.74, 6) is -0.257. The molecule has 3 N–H and O–H groups in total. The Labute approximate surface area is 124 Å². The minimum atomic E-state index is -0.587. The van der Waals surface area contributed by atoms with E-state index < -0.39 is 5.54 Å². The minimum absolute atomic E-state index is 0.257. The van der Waals surface area contributed by atoms with Crippen LogP contribution in [0.2, 0.25) is 0 Å². The fourth-order valence-corrected chi connectivity index (χ4v) is 2.25. The van der Waals surface area contributed by atoms with E-state index in [1.54, 1.807) is 0 Å². The first-order chi connectivity index (χ1) is 9.17. The summed E-state index contributed by atoms with van der Waals surface area (Å²) in [4.78, 5) is 16.1. The standard InChI is InChI=1S/C15H34N4O/c1-13(2)17-15(3,14(16)20)9-7-8-10-19(6)12-11-18(4)5/h13,17H,7-12H2,1-6H3,(H2,16,20). The average Bonchev–Trinajstić information content (AvgIpc) is 2.31. The van der Waals surface area contributed by atoms with E-state index in [1.165, 1.54) is 0 Å². The molecule has 5 heteroatoms. The summed E-state index contributed by atoms with van der Waals surface area (Å²) in [6.45, 7) is 9.19. The van der Waals surface area contributed by atoms with E-state index in [1.807, 2.05) is 20.8 Å². The molecule has 1 amide bonds. The maximum Gasteiger partial charge on any atom is 0.237 e. The van der Waals surface area contributed by atoms with Gasteiger partial charge in [0.05, 0.1) is 5.54 Å². The number of nitrogens with two attached hydrogens (primary N) is 1. The monoisotopic (exact) mass is 286 g/mol. The van der Waals surface area contributed by atoms with Crippen LogP contribution in [0.1, 0.15) is 40.0 Å². The third kappa shape index (κ3) is 8.51. The zero-order chi connectivity index (χ0) is 15.8. The van der Waals surface area contributed by atoms with Crippen molar-refractivity contribution in [3.05, 3.63) is 0 Å². The van der Waals surface area contributed by atoms with Crippen LogP contribution < -0.4 is 11.1 Å². The highest BCUT2D eigenvalue weighted by Crippen LogP contribution is 2.14. The molecule has 0 saturated heterocycles. The summed E-state index contributed by atoms with van der Waals surface area (Å²) in [7, 11) is 6.32. The van der Waals surface area contributed by atoms with Crippen LogP contribution in [0.25, 0.3) is 0 Å². The van der Waals surface area contributed by atoms with Crippen LogP contribution in [-0.2, 0) is 4.79 Å². The molecule has 0 bridgehead atoms. The minimum Gasteiger partial charge on any atom is -0.368 e. The number of hydrogen-bond acceptors (Lipinski definition) is 4.